The van der Waals surface area contributed by atoms with Crippen LogP contribution in [0.25, 0.3) is 0 Å². The molecule has 1 aliphatic rings. The van der Waals surface area contributed by atoms with Gasteiger partial charge in [-0.1, -0.05) is 19.8 Å². The van der Waals surface area contributed by atoms with Gasteiger partial charge in [-0.15, -0.1) is 0 Å². The van der Waals surface area contributed by atoms with Crippen molar-refractivity contribution < 1.29 is 14.3 Å². The van der Waals surface area contributed by atoms with Crippen molar-refractivity contribution in [1.82, 2.24) is 9.80 Å². The lowest BCUT2D eigenvalue weighted by Crippen LogP contribution is -2.56. The minimum absolute atomic E-state index is 0.0925. The van der Waals surface area contributed by atoms with E-state index in [1.54, 1.807) is 11.8 Å². The Morgan fingerprint density at radius 3 is 2.40 bits per heavy atom. The first-order chi connectivity index (χ1) is 9.24. The molecular weight excluding hydrogens is 256 g/mol. The SMILES string of the molecule is CCCCC1CN(C(=O)OC(C)(C)C)CCN1C(C)=O. The Hall–Kier alpha value is -1.26. The summed E-state index contributed by atoms with van der Waals surface area (Å²) in [7, 11) is 0. The maximum atomic E-state index is 12.1. The molecule has 1 atom stereocenters. The Morgan fingerprint density at radius 1 is 1.25 bits per heavy atom. The van der Waals surface area contributed by atoms with Crippen molar-refractivity contribution in [3.8, 4) is 0 Å². The van der Waals surface area contributed by atoms with Crippen LogP contribution in [0.1, 0.15) is 53.9 Å². The second-order valence-electron chi connectivity index (χ2n) is 6.43. The number of carbonyl (C=O) groups excluding carboxylic acids is 2. The highest BCUT2D eigenvalue weighted by atomic mass is 16.6. The summed E-state index contributed by atoms with van der Waals surface area (Å²) >= 11 is 0. The van der Waals surface area contributed by atoms with Crippen LogP contribution in [-0.2, 0) is 9.53 Å². The van der Waals surface area contributed by atoms with E-state index in [0.29, 0.717) is 19.6 Å². The van der Waals surface area contributed by atoms with Gasteiger partial charge in [0.05, 0.1) is 0 Å². The van der Waals surface area contributed by atoms with Gasteiger partial charge < -0.3 is 14.5 Å². The predicted molar refractivity (Wildman–Crippen MR) is 78.5 cm³/mol. The number of carbonyl (C=O) groups is 2. The van der Waals surface area contributed by atoms with Crippen molar-refractivity contribution in [3.63, 3.8) is 0 Å². The number of nitrogens with zero attached hydrogens (tertiary/aromatic N) is 2. The van der Waals surface area contributed by atoms with E-state index in [0.717, 1.165) is 19.3 Å². The number of piperazine rings is 1. The highest BCUT2D eigenvalue weighted by Crippen LogP contribution is 2.18. The van der Waals surface area contributed by atoms with Crippen LogP contribution >= 0.6 is 0 Å². The molecule has 1 saturated heterocycles. The smallest absolute Gasteiger partial charge is 0.410 e. The average molecular weight is 284 g/mol. The molecule has 5 nitrogen and oxygen atoms in total. The highest BCUT2D eigenvalue weighted by molar-refractivity contribution is 5.74. The van der Waals surface area contributed by atoms with Crippen LogP contribution in [0.3, 0.4) is 0 Å². The minimum atomic E-state index is -0.478. The first kappa shape index (κ1) is 16.8. The molecule has 0 aliphatic carbocycles. The Morgan fingerprint density at radius 2 is 1.90 bits per heavy atom. The quantitative estimate of drug-likeness (QED) is 0.800. The van der Waals surface area contributed by atoms with Crippen molar-refractivity contribution in [3.05, 3.63) is 0 Å². The van der Waals surface area contributed by atoms with Gasteiger partial charge >= 0.3 is 6.09 Å². The summed E-state index contributed by atoms with van der Waals surface area (Å²) in [5.41, 5.74) is -0.478. The summed E-state index contributed by atoms with van der Waals surface area (Å²) in [6.07, 6.45) is 2.82. The second-order valence-corrected chi connectivity index (χ2v) is 6.43. The maximum absolute atomic E-state index is 12.1. The second kappa shape index (κ2) is 6.95. The third-order valence-electron chi connectivity index (χ3n) is 3.43. The van der Waals surface area contributed by atoms with Gasteiger partial charge in [0.25, 0.3) is 0 Å². The van der Waals surface area contributed by atoms with Gasteiger partial charge in [0.15, 0.2) is 0 Å². The molecule has 0 bridgehead atoms. The molecule has 5 heteroatoms. The van der Waals surface area contributed by atoms with E-state index < -0.39 is 5.60 Å². The normalized spacial score (nSPS) is 19.9. The molecule has 0 N–H and O–H groups in total. The summed E-state index contributed by atoms with van der Waals surface area (Å²) in [4.78, 5) is 27.4. The molecule has 1 aliphatic heterocycles. The third kappa shape index (κ3) is 5.02. The summed E-state index contributed by atoms with van der Waals surface area (Å²) in [5.74, 6) is 0.0925. The van der Waals surface area contributed by atoms with Crippen LogP contribution < -0.4 is 0 Å². The molecule has 1 rings (SSSR count). The zero-order chi connectivity index (χ0) is 15.3. The Balaban J connectivity index is 2.65. The van der Waals surface area contributed by atoms with E-state index in [1.807, 2.05) is 25.7 Å². The lowest BCUT2D eigenvalue weighted by molar-refractivity contribution is -0.133. The molecule has 2 amide bonds. The molecule has 1 heterocycles. The first-order valence-corrected chi connectivity index (χ1v) is 7.49. The van der Waals surface area contributed by atoms with Gasteiger partial charge in [-0.05, 0) is 27.2 Å². The molecular formula is C15H28N2O3. The zero-order valence-corrected chi connectivity index (χ0v) is 13.4. The fourth-order valence-electron chi connectivity index (χ4n) is 2.45. The molecule has 20 heavy (non-hydrogen) atoms. The Labute approximate surface area is 122 Å². The largest absolute Gasteiger partial charge is 0.444 e. The van der Waals surface area contributed by atoms with Crippen molar-refractivity contribution in [1.29, 1.82) is 0 Å². The van der Waals surface area contributed by atoms with Gasteiger partial charge in [-0.2, -0.15) is 0 Å². The molecule has 1 fully saturated rings. The van der Waals surface area contributed by atoms with Crippen LogP contribution in [0, 0.1) is 0 Å². The Bertz CT molecular complexity index is 350. The summed E-state index contributed by atoms with van der Waals surface area (Å²) in [6, 6.07) is 0.119. The lowest BCUT2D eigenvalue weighted by atomic mass is 10.1. The van der Waals surface area contributed by atoms with Crippen LogP contribution in [0.4, 0.5) is 4.79 Å². The number of ether oxygens (including phenoxy) is 1. The summed E-state index contributed by atoms with van der Waals surface area (Å²) in [5, 5.41) is 0. The highest BCUT2D eigenvalue weighted by Gasteiger charge is 2.32. The van der Waals surface area contributed by atoms with E-state index >= 15 is 0 Å². The van der Waals surface area contributed by atoms with Gasteiger partial charge in [0.2, 0.25) is 5.91 Å². The third-order valence-corrected chi connectivity index (χ3v) is 3.43. The fraction of sp³-hybridized carbons (Fsp3) is 0.867. The van der Waals surface area contributed by atoms with E-state index in [9.17, 15) is 9.59 Å². The van der Waals surface area contributed by atoms with Gasteiger partial charge in [0, 0.05) is 32.6 Å². The monoisotopic (exact) mass is 284 g/mol. The van der Waals surface area contributed by atoms with E-state index in [-0.39, 0.29) is 18.0 Å². The van der Waals surface area contributed by atoms with E-state index in [4.69, 9.17) is 4.74 Å². The standard InChI is InChI=1S/C15H28N2O3/c1-6-7-8-13-11-16(9-10-17(13)12(2)18)14(19)20-15(3,4)5/h13H,6-11H2,1-5H3. The van der Waals surface area contributed by atoms with E-state index in [1.165, 1.54) is 0 Å². The Kier molecular flexibility index (Phi) is 5.84. The van der Waals surface area contributed by atoms with Gasteiger partial charge in [0.1, 0.15) is 5.60 Å². The number of unbranched alkanes of at least 4 members (excludes halogenated alkanes) is 1. The molecule has 0 saturated carbocycles. The molecule has 0 aromatic heterocycles. The number of rotatable bonds is 3. The first-order valence-electron chi connectivity index (χ1n) is 7.49. The number of hydrogen-bond donors (Lipinski definition) is 0. The lowest BCUT2D eigenvalue weighted by Gasteiger charge is -2.41. The average Bonchev–Trinajstić information content (AvgIpc) is 2.33. The maximum Gasteiger partial charge on any atom is 0.410 e. The fourth-order valence-corrected chi connectivity index (χ4v) is 2.45. The van der Waals surface area contributed by atoms with Crippen LogP contribution in [-0.4, -0.2) is 53.1 Å². The van der Waals surface area contributed by atoms with Gasteiger partial charge in [-0.3, -0.25) is 4.79 Å². The minimum Gasteiger partial charge on any atom is -0.444 e. The zero-order valence-electron chi connectivity index (χ0n) is 13.4. The van der Waals surface area contributed by atoms with Crippen LogP contribution in [0.2, 0.25) is 0 Å². The van der Waals surface area contributed by atoms with Crippen LogP contribution in [0.15, 0.2) is 0 Å². The molecule has 0 radical (unpaired) electrons. The molecule has 0 aromatic rings. The van der Waals surface area contributed by atoms with Crippen LogP contribution in [0.5, 0.6) is 0 Å². The van der Waals surface area contributed by atoms with Gasteiger partial charge in [-0.25, -0.2) is 4.79 Å². The topological polar surface area (TPSA) is 49.9 Å². The van der Waals surface area contributed by atoms with Crippen molar-refractivity contribution in [2.24, 2.45) is 0 Å². The van der Waals surface area contributed by atoms with Crippen molar-refractivity contribution >= 4 is 12.0 Å². The molecule has 0 aromatic carbocycles. The van der Waals surface area contributed by atoms with E-state index in [2.05, 4.69) is 6.92 Å². The molecule has 1 unspecified atom stereocenters. The predicted octanol–water partition coefficient (Wildman–Crippen LogP) is 2.64. The number of hydrogen-bond acceptors (Lipinski definition) is 3. The summed E-state index contributed by atoms with van der Waals surface area (Å²) in [6.45, 7) is 11.1. The van der Waals surface area contributed by atoms with Crippen molar-refractivity contribution in [2.75, 3.05) is 19.6 Å². The molecule has 0 spiro atoms. The summed E-state index contributed by atoms with van der Waals surface area (Å²) < 4.78 is 5.41. The number of amides is 2. The molecule has 116 valence electrons. The van der Waals surface area contributed by atoms with Crippen molar-refractivity contribution in [2.45, 2.75) is 65.5 Å².